The first-order chi connectivity index (χ1) is 12.7. The van der Waals surface area contributed by atoms with Gasteiger partial charge in [0.25, 0.3) is 5.91 Å². The monoisotopic (exact) mass is 374 g/mol. The molecule has 140 valence electrons. The Morgan fingerprint density at radius 3 is 2.81 bits per heavy atom. The second kappa shape index (κ2) is 7.94. The third-order valence-electron chi connectivity index (χ3n) is 5.25. The van der Waals surface area contributed by atoms with Crippen molar-refractivity contribution in [3.63, 3.8) is 0 Å². The molecule has 3 heterocycles. The number of furan rings is 1. The van der Waals surface area contributed by atoms with E-state index in [1.807, 2.05) is 19.1 Å². The second-order valence-electron chi connectivity index (χ2n) is 7.09. The Morgan fingerprint density at radius 1 is 1.27 bits per heavy atom. The van der Waals surface area contributed by atoms with Crippen LogP contribution in [0.1, 0.15) is 50.5 Å². The number of hydrogen-bond acceptors (Lipinski definition) is 5. The molecule has 4 rings (SSSR count). The molecule has 0 bridgehead atoms. The average Bonchev–Trinajstić information content (AvgIpc) is 3.29. The van der Waals surface area contributed by atoms with Crippen LogP contribution in [0.5, 0.6) is 0 Å². The molecular weight excluding hydrogens is 348 g/mol. The van der Waals surface area contributed by atoms with Crippen LogP contribution in [-0.4, -0.2) is 43.7 Å². The Hall–Kier alpha value is -1.63. The van der Waals surface area contributed by atoms with E-state index in [0.717, 1.165) is 55.5 Å². The molecule has 2 aromatic rings. The largest absolute Gasteiger partial charge is 0.465 e. The van der Waals surface area contributed by atoms with Crippen molar-refractivity contribution in [2.75, 3.05) is 32.8 Å². The van der Waals surface area contributed by atoms with Crippen molar-refractivity contribution in [1.82, 2.24) is 10.2 Å². The van der Waals surface area contributed by atoms with Gasteiger partial charge in [0.15, 0.2) is 0 Å². The van der Waals surface area contributed by atoms with Gasteiger partial charge in [0.2, 0.25) is 0 Å². The van der Waals surface area contributed by atoms with E-state index in [0.29, 0.717) is 6.54 Å². The average molecular weight is 375 g/mol. The van der Waals surface area contributed by atoms with Crippen LogP contribution in [0.3, 0.4) is 0 Å². The summed E-state index contributed by atoms with van der Waals surface area (Å²) in [6.07, 6.45) is 4.71. The van der Waals surface area contributed by atoms with Gasteiger partial charge in [-0.3, -0.25) is 9.69 Å². The summed E-state index contributed by atoms with van der Waals surface area (Å²) in [6.45, 7) is 5.66. The van der Waals surface area contributed by atoms with Gasteiger partial charge in [-0.05, 0) is 56.4 Å². The Bertz CT molecular complexity index is 737. The molecule has 1 aliphatic carbocycles. The number of carbonyl (C=O) groups is 1. The molecule has 1 amide bonds. The SMILES string of the molecule is Cc1ccc(C(CNC(=O)c2cc3c(s2)CCCC3)N2CCOCC2)o1. The van der Waals surface area contributed by atoms with Gasteiger partial charge >= 0.3 is 0 Å². The zero-order valence-electron chi connectivity index (χ0n) is 15.3. The lowest BCUT2D eigenvalue weighted by molar-refractivity contribution is 0.0117. The first-order valence-corrected chi connectivity index (χ1v) is 10.3. The number of aryl methyl sites for hydroxylation is 3. The minimum Gasteiger partial charge on any atom is -0.465 e. The predicted molar refractivity (Wildman–Crippen MR) is 102 cm³/mol. The van der Waals surface area contributed by atoms with Gasteiger partial charge in [0, 0.05) is 24.5 Å². The van der Waals surface area contributed by atoms with Crippen LogP contribution in [0.4, 0.5) is 0 Å². The van der Waals surface area contributed by atoms with Crippen LogP contribution in [0.25, 0.3) is 0 Å². The summed E-state index contributed by atoms with van der Waals surface area (Å²) in [5.41, 5.74) is 1.37. The molecule has 1 atom stereocenters. The van der Waals surface area contributed by atoms with E-state index < -0.39 is 0 Å². The molecule has 26 heavy (non-hydrogen) atoms. The lowest BCUT2D eigenvalue weighted by atomic mass is 9.99. The summed E-state index contributed by atoms with van der Waals surface area (Å²) in [4.78, 5) is 17.3. The van der Waals surface area contributed by atoms with E-state index in [4.69, 9.17) is 9.15 Å². The second-order valence-corrected chi connectivity index (χ2v) is 8.23. The number of ether oxygens (including phenoxy) is 1. The van der Waals surface area contributed by atoms with E-state index in [-0.39, 0.29) is 11.9 Å². The number of nitrogens with one attached hydrogen (secondary N) is 1. The number of rotatable bonds is 5. The molecule has 0 saturated carbocycles. The standard InChI is InChI=1S/C20H26N2O3S/c1-14-6-7-17(25-14)16(22-8-10-24-11-9-22)13-21-20(23)19-12-15-4-2-3-5-18(15)26-19/h6-7,12,16H,2-5,8-11,13H2,1H3,(H,21,23). The maximum atomic E-state index is 12.7. The molecule has 1 aliphatic heterocycles. The summed E-state index contributed by atoms with van der Waals surface area (Å²) in [5, 5.41) is 3.14. The maximum absolute atomic E-state index is 12.7. The minimum atomic E-state index is 0.0333. The lowest BCUT2D eigenvalue weighted by Crippen LogP contribution is -2.43. The maximum Gasteiger partial charge on any atom is 0.261 e. The Labute approximate surface area is 158 Å². The van der Waals surface area contributed by atoms with Crippen LogP contribution in [-0.2, 0) is 17.6 Å². The Kier molecular flexibility index (Phi) is 5.43. The molecule has 6 heteroatoms. The number of amides is 1. The van der Waals surface area contributed by atoms with E-state index in [2.05, 4.69) is 16.3 Å². The van der Waals surface area contributed by atoms with Crippen molar-refractivity contribution in [3.05, 3.63) is 45.0 Å². The first kappa shape index (κ1) is 17.8. The van der Waals surface area contributed by atoms with E-state index >= 15 is 0 Å². The highest BCUT2D eigenvalue weighted by Crippen LogP contribution is 2.30. The highest BCUT2D eigenvalue weighted by molar-refractivity contribution is 7.14. The summed E-state index contributed by atoms with van der Waals surface area (Å²) in [7, 11) is 0. The zero-order valence-corrected chi connectivity index (χ0v) is 16.1. The number of morpholine rings is 1. The van der Waals surface area contributed by atoms with Gasteiger partial charge in [-0.25, -0.2) is 0 Å². The first-order valence-electron chi connectivity index (χ1n) is 9.48. The van der Waals surface area contributed by atoms with Crippen LogP contribution >= 0.6 is 11.3 Å². The van der Waals surface area contributed by atoms with Crippen molar-refractivity contribution in [1.29, 1.82) is 0 Å². The van der Waals surface area contributed by atoms with Gasteiger partial charge in [0.05, 0.1) is 24.1 Å². The molecule has 2 aromatic heterocycles. The van der Waals surface area contributed by atoms with Crippen molar-refractivity contribution in [2.24, 2.45) is 0 Å². The van der Waals surface area contributed by atoms with Crippen LogP contribution in [0, 0.1) is 6.92 Å². The van der Waals surface area contributed by atoms with Crippen LogP contribution in [0.15, 0.2) is 22.6 Å². The van der Waals surface area contributed by atoms with Gasteiger partial charge in [-0.1, -0.05) is 0 Å². The minimum absolute atomic E-state index is 0.0333. The van der Waals surface area contributed by atoms with Crippen molar-refractivity contribution >= 4 is 17.2 Å². The lowest BCUT2D eigenvalue weighted by Gasteiger charge is -2.33. The summed E-state index contributed by atoms with van der Waals surface area (Å²) >= 11 is 1.66. The van der Waals surface area contributed by atoms with Crippen molar-refractivity contribution in [2.45, 2.75) is 38.6 Å². The Balaban J connectivity index is 1.45. The third-order valence-corrected chi connectivity index (χ3v) is 6.49. The van der Waals surface area contributed by atoms with E-state index in [9.17, 15) is 4.79 Å². The smallest absolute Gasteiger partial charge is 0.261 e. The number of nitrogens with zero attached hydrogens (tertiary/aromatic N) is 1. The van der Waals surface area contributed by atoms with Gasteiger partial charge in [-0.2, -0.15) is 0 Å². The fraction of sp³-hybridized carbons (Fsp3) is 0.550. The molecule has 2 aliphatic rings. The molecule has 0 aromatic carbocycles. The highest BCUT2D eigenvalue weighted by atomic mass is 32.1. The van der Waals surface area contributed by atoms with Crippen molar-refractivity contribution < 1.29 is 13.9 Å². The molecular formula is C20H26N2O3S. The quantitative estimate of drug-likeness (QED) is 0.872. The summed E-state index contributed by atoms with van der Waals surface area (Å²) < 4.78 is 11.3. The third kappa shape index (κ3) is 3.87. The van der Waals surface area contributed by atoms with Crippen LogP contribution < -0.4 is 5.32 Å². The van der Waals surface area contributed by atoms with Crippen LogP contribution in [0.2, 0.25) is 0 Å². The molecule has 0 spiro atoms. The molecule has 1 unspecified atom stereocenters. The molecule has 5 nitrogen and oxygen atoms in total. The van der Waals surface area contributed by atoms with Gasteiger partial charge in [0.1, 0.15) is 11.5 Å². The zero-order chi connectivity index (χ0) is 17.9. The topological polar surface area (TPSA) is 54.7 Å². The number of hydrogen-bond donors (Lipinski definition) is 1. The number of carbonyl (C=O) groups excluding carboxylic acids is 1. The normalized spacial score (nSPS) is 19.1. The molecule has 1 fully saturated rings. The predicted octanol–water partition coefficient (Wildman–Crippen LogP) is 3.33. The van der Waals surface area contributed by atoms with E-state index in [1.165, 1.54) is 23.3 Å². The number of fused-ring (bicyclic) bond motifs is 1. The highest BCUT2D eigenvalue weighted by Gasteiger charge is 2.26. The molecule has 1 N–H and O–H groups in total. The fourth-order valence-corrected chi connectivity index (χ4v) is 4.98. The summed E-state index contributed by atoms with van der Waals surface area (Å²) in [5.74, 6) is 1.84. The summed E-state index contributed by atoms with van der Waals surface area (Å²) in [6, 6.07) is 6.14. The number of thiophene rings is 1. The molecule has 0 radical (unpaired) electrons. The van der Waals surface area contributed by atoms with E-state index in [1.54, 1.807) is 11.3 Å². The fourth-order valence-electron chi connectivity index (χ4n) is 3.81. The molecule has 1 saturated heterocycles. The van der Waals surface area contributed by atoms with Gasteiger partial charge in [-0.15, -0.1) is 11.3 Å². The Morgan fingerprint density at radius 2 is 2.08 bits per heavy atom. The van der Waals surface area contributed by atoms with Gasteiger partial charge < -0.3 is 14.5 Å². The van der Waals surface area contributed by atoms with Crippen molar-refractivity contribution in [3.8, 4) is 0 Å².